The zero-order valence-electron chi connectivity index (χ0n) is 10.1. The number of methoxy groups -OCH3 is 1. The Bertz CT molecular complexity index is 324. The first kappa shape index (κ1) is 11.6. The maximum absolute atomic E-state index is 5.36. The van der Waals surface area contributed by atoms with Gasteiger partial charge < -0.3 is 10.1 Å². The summed E-state index contributed by atoms with van der Waals surface area (Å²) in [5, 5.41) is 7.75. The van der Waals surface area contributed by atoms with Crippen LogP contribution in [0, 0.1) is 0 Å². The van der Waals surface area contributed by atoms with Gasteiger partial charge in [0.1, 0.15) is 0 Å². The van der Waals surface area contributed by atoms with Crippen LogP contribution in [0.15, 0.2) is 12.4 Å². The number of ether oxygens (including phenoxy) is 1. The second kappa shape index (κ2) is 5.46. The van der Waals surface area contributed by atoms with Gasteiger partial charge >= 0.3 is 0 Å². The van der Waals surface area contributed by atoms with Crippen LogP contribution in [0.5, 0.6) is 0 Å². The maximum atomic E-state index is 5.36. The summed E-state index contributed by atoms with van der Waals surface area (Å²) in [7, 11) is 3.76. The van der Waals surface area contributed by atoms with Crippen LogP contribution in [0.4, 0.5) is 0 Å². The molecule has 0 amide bonds. The highest BCUT2D eigenvalue weighted by atomic mass is 16.5. The summed E-state index contributed by atoms with van der Waals surface area (Å²) in [6.45, 7) is 1.03. The van der Waals surface area contributed by atoms with E-state index in [1.54, 1.807) is 0 Å². The molecule has 1 heterocycles. The van der Waals surface area contributed by atoms with Gasteiger partial charge in [-0.25, -0.2) is 0 Å². The van der Waals surface area contributed by atoms with E-state index in [9.17, 15) is 0 Å². The fraction of sp³-hybridized carbons (Fsp3) is 0.750. The molecule has 0 saturated heterocycles. The molecule has 0 aliphatic heterocycles. The molecule has 1 aliphatic carbocycles. The molecule has 0 aromatic carbocycles. The van der Waals surface area contributed by atoms with Crippen molar-refractivity contribution >= 4 is 0 Å². The van der Waals surface area contributed by atoms with Crippen LogP contribution in [-0.4, -0.2) is 35.6 Å². The first-order valence-corrected chi connectivity index (χ1v) is 6.01. The Kier molecular flexibility index (Phi) is 3.96. The van der Waals surface area contributed by atoms with Gasteiger partial charge in [-0.05, 0) is 37.8 Å². The molecular weight excluding hydrogens is 202 g/mol. The van der Waals surface area contributed by atoms with Crippen molar-refractivity contribution in [2.45, 2.75) is 37.8 Å². The Hall–Kier alpha value is -0.870. The van der Waals surface area contributed by atoms with Crippen LogP contribution in [0.2, 0.25) is 0 Å². The van der Waals surface area contributed by atoms with Crippen molar-refractivity contribution in [1.29, 1.82) is 0 Å². The van der Waals surface area contributed by atoms with Crippen LogP contribution >= 0.6 is 0 Å². The van der Waals surface area contributed by atoms with E-state index in [2.05, 4.69) is 16.6 Å². The van der Waals surface area contributed by atoms with Crippen molar-refractivity contribution in [1.82, 2.24) is 15.1 Å². The SMILES string of the molecule is COC1CCC(NCCc2cnn(C)c2)C1. The molecule has 2 atom stereocenters. The van der Waals surface area contributed by atoms with E-state index in [1.165, 1.54) is 18.4 Å². The molecule has 1 aliphatic rings. The molecule has 0 spiro atoms. The highest BCUT2D eigenvalue weighted by Crippen LogP contribution is 2.21. The Morgan fingerprint density at radius 1 is 1.56 bits per heavy atom. The van der Waals surface area contributed by atoms with Gasteiger partial charge in [0.05, 0.1) is 12.3 Å². The smallest absolute Gasteiger partial charge is 0.0586 e. The van der Waals surface area contributed by atoms with Gasteiger partial charge in [0, 0.05) is 26.4 Å². The number of hydrogen-bond acceptors (Lipinski definition) is 3. The molecule has 1 aromatic rings. The summed E-state index contributed by atoms with van der Waals surface area (Å²) in [4.78, 5) is 0. The van der Waals surface area contributed by atoms with Crippen LogP contribution in [0.25, 0.3) is 0 Å². The number of nitrogens with one attached hydrogen (secondary N) is 1. The highest BCUT2D eigenvalue weighted by molar-refractivity contribution is 5.04. The molecule has 16 heavy (non-hydrogen) atoms. The average molecular weight is 223 g/mol. The lowest BCUT2D eigenvalue weighted by Crippen LogP contribution is -2.29. The summed E-state index contributed by atoms with van der Waals surface area (Å²) < 4.78 is 7.21. The third-order valence-corrected chi connectivity index (χ3v) is 3.32. The third kappa shape index (κ3) is 3.06. The van der Waals surface area contributed by atoms with Crippen LogP contribution in [0.3, 0.4) is 0 Å². The summed E-state index contributed by atoms with van der Waals surface area (Å²) in [5.74, 6) is 0. The summed E-state index contributed by atoms with van der Waals surface area (Å²) in [6, 6.07) is 0.640. The van der Waals surface area contributed by atoms with E-state index in [0.29, 0.717) is 12.1 Å². The molecule has 4 nitrogen and oxygen atoms in total. The van der Waals surface area contributed by atoms with Gasteiger partial charge in [-0.2, -0.15) is 5.10 Å². The second-order valence-electron chi connectivity index (χ2n) is 4.59. The van der Waals surface area contributed by atoms with Crippen molar-refractivity contribution in [3.63, 3.8) is 0 Å². The van der Waals surface area contributed by atoms with Crippen molar-refractivity contribution < 1.29 is 4.74 Å². The van der Waals surface area contributed by atoms with Gasteiger partial charge in [-0.15, -0.1) is 0 Å². The van der Waals surface area contributed by atoms with E-state index in [1.807, 2.05) is 25.0 Å². The Morgan fingerprint density at radius 2 is 2.44 bits per heavy atom. The molecule has 2 unspecified atom stereocenters. The first-order chi connectivity index (χ1) is 7.78. The molecule has 0 radical (unpaired) electrons. The predicted molar refractivity (Wildman–Crippen MR) is 63.4 cm³/mol. The normalized spacial score (nSPS) is 25.1. The largest absolute Gasteiger partial charge is 0.381 e. The maximum Gasteiger partial charge on any atom is 0.0586 e. The Balaban J connectivity index is 1.65. The number of hydrogen-bond donors (Lipinski definition) is 1. The monoisotopic (exact) mass is 223 g/mol. The quantitative estimate of drug-likeness (QED) is 0.813. The van der Waals surface area contributed by atoms with Gasteiger partial charge in [0.15, 0.2) is 0 Å². The van der Waals surface area contributed by atoms with Gasteiger partial charge in [-0.1, -0.05) is 0 Å². The summed E-state index contributed by atoms with van der Waals surface area (Å²) in [6.07, 6.45) is 9.14. The molecule has 1 fully saturated rings. The molecule has 1 N–H and O–H groups in total. The lowest BCUT2D eigenvalue weighted by molar-refractivity contribution is 0.107. The standard InChI is InChI=1S/C12H21N3O/c1-15-9-10(8-14-15)5-6-13-11-3-4-12(7-11)16-2/h8-9,11-13H,3-7H2,1-2H3. The highest BCUT2D eigenvalue weighted by Gasteiger charge is 2.23. The zero-order valence-corrected chi connectivity index (χ0v) is 10.1. The lowest BCUT2D eigenvalue weighted by Gasteiger charge is -2.12. The zero-order chi connectivity index (χ0) is 11.4. The van der Waals surface area contributed by atoms with Gasteiger partial charge in [0.25, 0.3) is 0 Å². The van der Waals surface area contributed by atoms with Crippen molar-refractivity contribution in [3.8, 4) is 0 Å². The van der Waals surface area contributed by atoms with Crippen molar-refractivity contribution in [2.75, 3.05) is 13.7 Å². The number of nitrogens with zero attached hydrogens (tertiary/aromatic N) is 2. The minimum atomic E-state index is 0.468. The van der Waals surface area contributed by atoms with Crippen LogP contribution in [-0.2, 0) is 18.2 Å². The van der Waals surface area contributed by atoms with E-state index in [4.69, 9.17) is 4.74 Å². The Morgan fingerprint density at radius 3 is 3.06 bits per heavy atom. The van der Waals surface area contributed by atoms with E-state index < -0.39 is 0 Å². The fourth-order valence-corrected chi connectivity index (χ4v) is 2.36. The summed E-state index contributed by atoms with van der Waals surface area (Å²) in [5.41, 5.74) is 1.30. The minimum Gasteiger partial charge on any atom is -0.381 e. The molecule has 1 aromatic heterocycles. The number of aryl methyl sites for hydroxylation is 1. The van der Waals surface area contributed by atoms with E-state index >= 15 is 0 Å². The first-order valence-electron chi connectivity index (χ1n) is 6.01. The molecular formula is C12H21N3O. The third-order valence-electron chi connectivity index (χ3n) is 3.32. The lowest BCUT2D eigenvalue weighted by atomic mass is 10.2. The molecule has 4 heteroatoms. The number of aromatic nitrogens is 2. The van der Waals surface area contributed by atoms with Gasteiger partial charge in [-0.3, -0.25) is 4.68 Å². The average Bonchev–Trinajstić information content (AvgIpc) is 2.88. The second-order valence-corrected chi connectivity index (χ2v) is 4.59. The van der Waals surface area contributed by atoms with Gasteiger partial charge in [0.2, 0.25) is 0 Å². The molecule has 0 bridgehead atoms. The fourth-order valence-electron chi connectivity index (χ4n) is 2.36. The predicted octanol–water partition coefficient (Wildman–Crippen LogP) is 1.12. The van der Waals surface area contributed by atoms with E-state index in [-0.39, 0.29) is 0 Å². The molecule has 90 valence electrons. The van der Waals surface area contributed by atoms with E-state index in [0.717, 1.165) is 19.4 Å². The molecule has 2 rings (SSSR count). The molecule has 1 saturated carbocycles. The van der Waals surface area contributed by atoms with Crippen LogP contribution in [0.1, 0.15) is 24.8 Å². The van der Waals surface area contributed by atoms with Crippen LogP contribution < -0.4 is 5.32 Å². The Labute approximate surface area is 97.0 Å². The van der Waals surface area contributed by atoms with Crippen molar-refractivity contribution in [2.24, 2.45) is 7.05 Å². The van der Waals surface area contributed by atoms with Crippen molar-refractivity contribution in [3.05, 3.63) is 18.0 Å². The topological polar surface area (TPSA) is 39.1 Å². The number of rotatable bonds is 5. The summed E-state index contributed by atoms with van der Waals surface area (Å²) >= 11 is 0. The minimum absolute atomic E-state index is 0.468.